The smallest absolute Gasteiger partial charge is 0.411 e. The second-order valence-corrected chi connectivity index (χ2v) is 7.33. The summed E-state index contributed by atoms with van der Waals surface area (Å²) in [5.41, 5.74) is 0.684. The van der Waals surface area contributed by atoms with E-state index in [0.29, 0.717) is 28.1 Å². The lowest BCUT2D eigenvalue weighted by Gasteiger charge is -2.20. The van der Waals surface area contributed by atoms with E-state index in [1.807, 2.05) is 0 Å². The van der Waals surface area contributed by atoms with E-state index < -0.39 is 12.0 Å². The first-order valence-corrected chi connectivity index (χ1v) is 9.54. The number of nitrogens with one attached hydrogen (secondary N) is 2. The maximum absolute atomic E-state index is 12.6. The molecule has 0 radical (unpaired) electrons. The molecule has 2 amide bonds. The number of hydrogen-bond donors (Lipinski definition) is 2. The van der Waals surface area contributed by atoms with Gasteiger partial charge in [0, 0.05) is 25.3 Å². The predicted octanol–water partition coefficient (Wildman–Crippen LogP) is 4.02. The molecule has 1 aliphatic rings. The lowest BCUT2D eigenvalue weighted by molar-refractivity contribution is 0.102. The van der Waals surface area contributed by atoms with Gasteiger partial charge >= 0.3 is 6.09 Å². The fourth-order valence-corrected chi connectivity index (χ4v) is 3.15. The van der Waals surface area contributed by atoms with E-state index in [1.54, 1.807) is 36.4 Å². The molecule has 1 aromatic carbocycles. The van der Waals surface area contributed by atoms with Crippen molar-refractivity contribution in [3.63, 3.8) is 0 Å². The number of anilines is 2. The number of halogens is 1. The molecule has 1 fully saturated rings. The van der Waals surface area contributed by atoms with Gasteiger partial charge in [-0.25, -0.2) is 9.78 Å². The van der Waals surface area contributed by atoms with E-state index in [1.165, 1.54) is 6.20 Å². The number of likely N-dealkylation sites (tertiary alicyclic amines) is 1. The number of ether oxygens (including phenoxy) is 1. The van der Waals surface area contributed by atoms with Gasteiger partial charge in [0.15, 0.2) is 0 Å². The van der Waals surface area contributed by atoms with Crippen molar-refractivity contribution >= 4 is 35.1 Å². The average molecular weight is 403 g/mol. The number of benzene rings is 1. The molecule has 1 aromatic heterocycles. The van der Waals surface area contributed by atoms with Crippen molar-refractivity contribution in [3.05, 3.63) is 53.2 Å². The Labute approximate surface area is 169 Å². The Morgan fingerprint density at radius 2 is 2.00 bits per heavy atom. The molecule has 8 heteroatoms. The highest BCUT2D eigenvalue weighted by Crippen LogP contribution is 2.20. The predicted molar refractivity (Wildman–Crippen MR) is 109 cm³/mol. The van der Waals surface area contributed by atoms with Crippen LogP contribution in [-0.4, -0.2) is 47.1 Å². The van der Waals surface area contributed by atoms with Gasteiger partial charge in [-0.3, -0.25) is 15.0 Å². The van der Waals surface area contributed by atoms with Crippen LogP contribution in [-0.2, 0) is 4.74 Å². The van der Waals surface area contributed by atoms with Crippen LogP contribution in [0.3, 0.4) is 0 Å². The number of aromatic nitrogens is 1. The summed E-state index contributed by atoms with van der Waals surface area (Å²) in [5.74, 6) is -0.0240. The van der Waals surface area contributed by atoms with Gasteiger partial charge in [0.05, 0.1) is 16.3 Å². The van der Waals surface area contributed by atoms with Gasteiger partial charge in [-0.1, -0.05) is 23.7 Å². The maximum Gasteiger partial charge on any atom is 0.411 e. The van der Waals surface area contributed by atoms with Gasteiger partial charge in [0.2, 0.25) is 0 Å². The van der Waals surface area contributed by atoms with Crippen LogP contribution in [0, 0.1) is 0 Å². The fraction of sp³-hybridized carbons (Fsp3) is 0.350. The van der Waals surface area contributed by atoms with Crippen LogP contribution in [0.1, 0.15) is 30.6 Å². The summed E-state index contributed by atoms with van der Waals surface area (Å²) in [7, 11) is 0. The number of nitrogens with zero attached hydrogens (tertiary/aromatic N) is 2. The SMILES string of the molecule is CC(C)N1CCC(OC(=O)Nc2ccccc2C(=O)Nc2ccc(Cl)cn2)C1. The number of hydrogen-bond acceptors (Lipinski definition) is 5. The normalized spacial score (nSPS) is 16.8. The van der Waals surface area contributed by atoms with Crippen molar-refractivity contribution in [2.24, 2.45) is 0 Å². The number of carbonyl (C=O) groups excluding carboxylic acids is 2. The zero-order chi connectivity index (χ0) is 20.1. The van der Waals surface area contributed by atoms with E-state index in [9.17, 15) is 9.59 Å². The summed E-state index contributed by atoms with van der Waals surface area (Å²) < 4.78 is 5.51. The summed E-state index contributed by atoms with van der Waals surface area (Å²) in [6, 6.07) is 10.4. The maximum atomic E-state index is 12.6. The largest absolute Gasteiger partial charge is 0.445 e. The molecule has 148 valence electrons. The van der Waals surface area contributed by atoms with Gasteiger partial charge in [-0.05, 0) is 44.5 Å². The number of amides is 2. The third kappa shape index (κ3) is 5.21. The zero-order valence-corrected chi connectivity index (χ0v) is 16.6. The van der Waals surface area contributed by atoms with Gasteiger partial charge < -0.3 is 10.1 Å². The Morgan fingerprint density at radius 3 is 2.68 bits per heavy atom. The molecule has 0 saturated carbocycles. The molecular weight excluding hydrogens is 380 g/mol. The van der Waals surface area contributed by atoms with E-state index in [-0.39, 0.29) is 6.10 Å². The molecule has 1 atom stereocenters. The number of rotatable bonds is 5. The quantitative estimate of drug-likeness (QED) is 0.789. The molecule has 28 heavy (non-hydrogen) atoms. The van der Waals surface area contributed by atoms with Crippen molar-refractivity contribution < 1.29 is 14.3 Å². The summed E-state index contributed by atoms with van der Waals surface area (Å²) in [5, 5.41) is 5.84. The third-order valence-corrected chi connectivity index (χ3v) is 4.78. The minimum atomic E-state index is -0.569. The van der Waals surface area contributed by atoms with Crippen molar-refractivity contribution in [2.75, 3.05) is 23.7 Å². The first kappa shape index (κ1) is 20.1. The summed E-state index contributed by atoms with van der Waals surface area (Å²) in [4.78, 5) is 31.2. The van der Waals surface area contributed by atoms with Crippen LogP contribution in [0.4, 0.5) is 16.3 Å². The van der Waals surface area contributed by atoms with Gasteiger partial charge in [-0.15, -0.1) is 0 Å². The summed E-state index contributed by atoms with van der Waals surface area (Å²) in [6.07, 6.45) is 1.53. The Balaban J connectivity index is 1.62. The molecule has 1 aliphatic heterocycles. The second kappa shape index (κ2) is 9.03. The standard InChI is InChI=1S/C20H23ClN4O3/c1-13(2)25-10-9-15(12-25)28-20(27)23-17-6-4-3-5-16(17)19(26)24-18-8-7-14(21)11-22-18/h3-8,11,13,15H,9-10,12H2,1-2H3,(H,23,27)(H,22,24,26). The van der Waals surface area contributed by atoms with E-state index in [2.05, 4.69) is 34.4 Å². The van der Waals surface area contributed by atoms with Crippen molar-refractivity contribution in [1.29, 1.82) is 0 Å². The monoisotopic (exact) mass is 402 g/mol. The van der Waals surface area contributed by atoms with Crippen LogP contribution in [0.15, 0.2) is 42.6 Å². The lowest BCUT2D eigenvalue weighted by atomic mass is 10.1. The van der Waals surface area contributed by atoms with Crippen LogP contribution in [0.2, 0.25) is 5.02 Å². The minimum absolute atomic E-state index is 0.151. The fourth-order valence-electron chi connectivity index (χ4n) is 3.03. The minimum Gasteiger partial charge on any atom is -0.445 e. The van der Waals surface area contributed by atoms with Crippen LogP contribution in [0.5, 0.6) is 0 Å². The molecule has 2 heterocycles. The lowest BCUT2D eigenvalue weighted by Crippen LogP contribution is -2.31. The molecule has 1 saturated heterocycles. The molecule has 0 bridgehead atoms. The first-order chi connectivity index (χ1) is 13.4. The zero-order valence-electron chi connectivity index (χ0n) is 15.8. The van der Waals surface area contributed by atoms with Crippen molar-refractivity contribution in [3.8, 4) is 0 Å². The van der Waals surface area contributed by atoms with Crippen LogP contribution in [0.25, 0.3) is 0 Å². The highest BCUT2D eigenvalue weighted by atomic mass is 35.5. The van der Waals surface area contributed by atoms with Crippen molar-refractivity contribution in [2.45, 2.75) is 32.4 Å². The first-order valence-electron chi connectivity index (χ1n) is 9.16. The van der Waals surface area contributed by atoms with Gasteiger partial charge in [-0.2, -0.15) is 0 Å². The highest BCUT2D eigenvalue weighted by molar-refractivity contribution is 6.30. The van der Waals surface area contributed by atoms with E-state index >= 15 is 0 Å². The number of carbonyl (C=O) groups is 2. The van der Waals surface area contributed by atoms with Crippen LogP contribution < -0.4 is 10.6 Å². The molecule has 7 nitrogen and oxygen atoms in total. The third-order valence-electron chi connectivity index (χ3n) is 4.56. The number of para-hydroxylation sites is 1. The molecule has 1 unspecified atom stereocenters. The molecule has 3 rings (SSSR count). The van der Waals surface area contributed by atoms with Gasteiger partial charge in [0.1, 0.15) is 11.9 Å². The van der Waals surface area contributed by atoms with Gasteiger partial charge in [0.25, 0.3) is 5.91 Å². The Hall–Kier alpha value is -2.64. The van der Waals surface area contributed by atoms with Crippen molar-refractivity contribution in [1.82, 2.24) is 9.88 Å². The second-order valence-electron chi connectivity index (χ2n) is 6.89. The summed E-state index contributed by atoms with van der Waals surface area (Å²) in [6.45, 7) is 5.86. The molecule has 0 aliphatic carbocycles. The molecule has 2 aromatic rings. The Bertz CT molecular complexity index is 842. The van der Waals surface area contributed by atoms with Crippen LogP contribution >= 0.6 is 11.6 Å². The molecule has 2 N–H and O–H groups in total. The molecular formula is C20H23ClN4O3. The van der Waals surface area contributed by atoms with E-state index in [0.717, 1.165) is 19.5 Å². The molecule has 0 spiro atoms. The Morgan fingerprint density at radius 1 is 1.21 bits per heavy atom. The summed E-state index contributed by atoms with van der Waals surface area (Å²) >= 11 is 5.80. The highest BCUT2D eigenvalue weighted by Gasteiger charge is 2.27. The Kier molecular flexibility index (Phi) is 6.49. The average Bonchev–Trinajstić information content (AvgIpc) is 3.12. The number of pyridine rings is 1. The topological polar surface area (TPSA) is 83.6 Å². The van der Waals surface area contributed by atoms with E-state index in [4.69, 9.17) is 16.3 Å².